The van der Waals surface area contributed by atoms with Crippen LogP contribution < -0.4 is 0 Å². The Balaban J connectivity index is 2.22. The average molecular weight is 209 g/mol. The van der Waals surface area contributed by atoms with E-state index in [0.717, 1.165) is 6.54 Å². The molecular formula is C9H11N3O3. The molecule has 80 valence electrons. The van der Waals surface area contributed by atoms with E-state index in [2.05, 4.69) is 15.0 Å². The summed E-state index contributed by atoms with van der Waals surface area (Å²) in [6.45, 7) is 0.736. The zero-order chi connectivity index (χ0) is 10.8. The number of ether oxygens (including phenoxy) is 1. The first-order valence-corrected chi connectivity index (χ1v) is 4.73. The number of nitroso groups, excluding NO2 is 1. The molecule has 0 spiro atoms. The van der Waals surface area contributed by atoms with Crippen molar-refractivity contribution < 1.29 is 9.53 Å². The van der Waals surface area contributed by atoms with Crippen molar-refractivity contribution in [3.8, 4) is 0 Å². The van der Waals surface area contributed by atoms with Gasteiger partial charge < -0.3 is 4.74 Å². The van der Waals surface area contributed by atoms with Crippen molar-refractivity contribution in [1.29, 1.82) is 0 Å². The number of aromatic nitrogens is 2. The standard InChI is InChI=1S/C9H11N3O3/c1-15-9(13)8-7(11-14)5-12(10-8)4-6-2-3-6/h5-6H,2-4H2,1H3. The average Bonchev–Trinajstić information content (AvgIpc) is 2.95. The molecule has 15 heavy (non-hydrogen) atoms. The second kappa shape index (κ2) is 3.80. The molecule has 1 saturated carbocycles. The van der Waals surface area contributed by atoms with Gasteiger partial charge >= 0.3 is 5.97 Å². The van der Waals surface area contributed by atoms with E-state index in [4.69, 9.17) is 0 Å². The molecule has 6 nitrogen and oxygen atoms in total. The lowest BCUT2D eigenvalue weighted by Gasteiger charge is -1.96. The van der Waals surface area contributed by atoms with E-state index in [1.807, 2.05) is 0 Å². The van der Waals surface area contributed by atoms with Crippen LogP contribution in [-0.4, -0.2) is 22.9 Å². The second-order valence-corrected chi connectivity index (χ2v) is 3.61. The van der Waals surface area contributed by atoms with E-state index in [9.17, 15) is 9.70 Å². The van der Waals surface area contributed by atoms with E-state index in [0.29, 0.717) is 5.92 Å². The van der Waals surface area contributed by atoms with Crippen molar-refractivity contribution in [2.24, 2.45) is 11.1 Å². The monoisotopic (exact) mass is 209 g/mol. The molecular weight excluding hydrogens is 198 g/mol. The number of esters is 1. The van der Waals surface area contributed by atoms with Gasteiger partial charge in [0.1, 0.15) is 0 Å². The van der Waals surface area contributed by atoms with Crippen LogP contribution in [0.4, 0.5) is 5.69 Å². The lowest BCUT2D eigenvalue weighted by molar-refractivity contribution is 0.0594. The quantitative estimate of drug-likeness (QED) is 0.556. The summed E-state index contributed by atoms with van der Waals surface area (Å²) in [5.41, 5.74) is 0.0376. The van der Waals surface area contributed by atoms with E-state index >= 15 is 0 Å². The van der Waals surface area contributed by atoms with Crippen LogP contribution in [0.15, 0.2) is 11.4 Å². The van der Waals surface area contributed by atoms with Gasteiger partial charge in [-0.2, -0.15) is 5.10 Å². The Morgan fingerprint density at radius 2 is 2.47 bits per heavy atom. The van der Waals surface area contributed by atoms with Gasteiger partial charge in [0.05, 0.1) is 13.3 Å². The van der Waals surface area contributed by atoms with Gasteiger partial charge in [-0.05, 0) is 23.9 Å². The van der Waals surface area contributed by atoms with Crippen molar-refractivity contribution in [2.45, 2.75) is 19.4 Å². The number of carbonyl (C=O) groups is 1. The Kier molecular flexibility index (Phi) is 2.49. The fourth-order valence-electron chi connectivity index (χ4n) is 1.38. The molecule has 0 amide bonds. The predicted octanol–water partition coefficient (Wildman–Crippen LogP) is 1.48. The first-order chi connectivity index (χ1) is 7.24. The lowest BCUT2D eigenvalue weighted by Crippen LogP contribution is -2.06. The lowest BCUT2D eigenvalue weighted by atomic mass is 10.4. The van der Waals surface area contributed by atoms with Crippen molar-refractivity contribution in [2.75, 3.05) is 7.11 Å². The van der Waals surface area contributed by atoms with Crippen molar-refractivity contribution >= 4 is 11.7 Å². The zero-order valence-corrected chi connectivity index (χ0v) is 8.34. The third-order valence-electron chi connectivity index (χ3n) is 2.36. The minimum absolute atomic E-state index is 0.00634. The van der Waals surface area contributed by atoms with Crippen molar-refractivity contribution in [3.05, 3.63) is 16.8 Å². The van der Waals surface area contributed by atoms with Gasteiger partial charge in [-0.3, -0.25) is 4.68 Å². The Bertz CT molecular complexity index is 395. The van der Waals surface area contributed by atoms with E-state index < -0.39 is 5.97 Å². The number of nitrogens with zero attached hydrogens (tertiary/aromatic N) is 3. The third kappa shape index (κ3) is 2.03. The summed E-state index contributed by atoms with van der Waals surface area (Å²) < 4.78 is 6.08. The smallest absolute Gasteiger partial charge is 0.360 e. The molecule has 0 bridgehead atoms. The Morgan fingerprint density at radius 1 is 1.73 bits per heavy atom. The largest absolute Gasteiger partial charge is 0.464 e. The SMILES string of the molecule is COC(=O)c1nn(CC2CC2)cc1N=O. The third-order valence-corrected chi connectivity index (χ3v) is 2.36. The van der Waals surface area contributed by atoms with Gasteiger partial charge in [-0.1, -0.05) is 0 Å². The molecule has 2 rings (SSSR count). The molecule has 0 atom stereocenters. The molecule has 1 fully saturated rings. The number of rotatable bonds is 4. The predicted molar refractivity (Wildman–Crippen MR) is 51.7 cm³/mol. The number of methoxy groups -OCH3 is 1. The fraction of sp³-hybridized carbons (Fsp3) is 0.556. The number of carbonyl (C=O) groups excluding carboxylic acids is 1. The summed E-state index contributed by atoms with van der Waals surface area (Å²) in [6.07, 6.45) is 3.84. The summed E-state index contributed by atoms with van der Waals surface area (Å²) in [5.74, 6) is -0.00551. The van der Waals surface area contributed by atoms with Gasteiger partial charge in [-0.15, -0.1) is 4.91 Å². The normalized spacial score (nSPS) is 15.0. The van der Waals surface area contributed by atoms with Crippen LogP contribution >= 0.6 is 0 Å². The highest BCUT2D eigenvalue weighted by molar-refractivity contribution is 5.92. The zero-order valence-electron chi connectivity index (χ0n) is 8.34. The topological polar surface area (TPSA) is 73.5 Å². The number of hydrogen-bond donors (Lipinski definition) is 0. The summed E-state index contributed by atoms with van der Waals surface area (Å²) in [5, 5.41) is 6.73. The van der Waals surface area contributed by atoms with Crippen LogP contribution in [0.25, 0.3) is 0 Å². The Hall–Kier alpha value is -1.72. The van der Waals surface area contributed by atoms with Crippen molar-refractivity contribution in [1.82, 2.24) is 9.78 Å². The summed E-state index contributed by atoms with van der Waals surface area (Å²) in [4.78, 5) is 21.7. The Labute approximate surface area is 86.2 Å². The molecule has 1 aromatic rings. The van der Waals surface area contributed by atoms with Gasteiger partial charge in [0.25, 0.3) is 0 Å². The molecule has 1 aliphatic carbocycles. The highest BCUT2D eigenvalue weighted by atomic mass is 16.5. The van der Waals surface area contributed by atoms with Gasteiger partial charge in [0, 0.05) is 6.54 Å². The molecule has 6 heteroatoms. The maximum Gasteiger partial charge on any atom is 0.360 e. The molecule has 0 N–H and O–H groups in total. The Morgan fingerprint density at radius 3 is 3.00 bits per heavy atom. The fourth-order valence-corrected chi connectivity index (χ4v) is 1.38. The molecule has 1 aromatic heterocycles. The molecule has 1 heterocycles. The van der Waals surface area contributed by atoms with Crippen LogP contribution in [0.2, 0.25) is 0 Å². The minimum atomic E-state index is -0.626. The maximum absolute atomic E-state index is 11.2. The molecule has 0 aliphatic heterocycles. The summed E-state index contributed by atoms with van der Waals surface area (Å²) >= 11 is 0. The van der Waals surface area contributed by atoms with E-state index in [-0.39, 0.29) is 11.4 Å². The highest BCUT2D eigenvalue weighted by Gasteiger charge is 2.24. The van der Waals surface area contributed by atoms with Crippen LogP contribution in [0.1, 0.15) is 23.3 Å². The maximum atomic E-state index is 11.2. The number of hydrogen-bond acceptors (Lipinski definition) is 5. The minimum Gasteiger partial charge on any atom is -0.464 e. The summed E-state index contributed by atoms with van der Waals surface area (Å²) in [7, 11) is 1.25. The van der Waals surface area contributed by atoms with Gasteiger partial charge in [0.15, 0.2) is 11.4 Å². The molecule has 0 radical (unpaired) electrons. The van der Waals surface area contributed by atoms with Crippen LogP contribution in [0.5, 0.6) is 0 Å². The molecule has 0 unspecified atom stereocenters. The van der Waals surface area contributed by atoms with Crippen LogP contribution in [0, 0.1) is 10.8 Å². The van der Waals surface area contributed by atoms with E-state index in [1.54, 1.807) is 4.68 Å². The second-order valence-electron chi connectivity index (χ2n) is 3.61. The summed E-state index contributed by atoms with van der Waals surface area (Å²) in [6, 6.07) is 0. The highest BCUT2D eigenvalue weighted by Crippen LogP contribution is 2.31. The van der Waals surface area contributed by atoms with E-state index in [1.165, 1.54) is 26.1 Å². The first-order valence-electron chi connectivity index (χ1n) is 4.73. The van der Waals surface area contributed by atoms with Gasteiger partial charge in [0.2, 0.25) is 0 Å². The van der Waals surface area contributed by atoms with Gasteiger partial charge in [-0.25, -0.2) is 4.79 Å². The first kappa shape index (κ1) is 9.82. The molecule has 0 aromatic carbocycles. The van der Waals surface area contributed by atoms with Crippen LogP contribution in [0.3, 0.4) is 0 Å². The van der Waals surface area contributed by atoms with Crippen LogP contribution in [-0.2, 0) is 11.3 Å². The van der Waals surface area contributed by atoms with Crippen molar-refractivity contribution in [3.63, 3.8) is 0 Å². The molecule has 0 saturated heterocycles. The molecule has 1 aliphatic rings.